The van der Waals surface area contributed by atoms with Gasteiger partial charge in [0, 0.05) is 0 Å². The third-order valence-corrected chi connectivity index (χ3v) is 1.65. The normalized spacial score (nSPS) is 10.3. The van der Waals surface area contributed by atoms with E-state index >= 15 is 0 Å². The van der Waals surface area contributed by atoms with Gasteiger partial charge in [-0.25, -0.2) is 4.39 Å². The first kappa shape index (κ1) is 6.35. The molecule has 2 aromatic carbocycles. The number of hydrogen-bond donors (Lipinski definition) is 0. The summed E-state index contributed by atoms with van der Waals surface area (Å²) in [5.41, 5.74) is 0. The summed E-state index contributed by atoms with van der Waals surface area (Å²) in [4.78, 5) is 0. The monoisotopic (exact) mass is 145 g/mol. The topological polar surface area (TPSA) is 0 Å². The third kappa shape index (κ3) is 1.09. The standard InChI is InChI=1S/C10H6F/c11-10-6-5-8-3-1-2-4-9(8)7-10/h2-7H. The minimum Gasteiger partial charge on any atom is -0.207 e. The van der Waals surface area contributed by atoms with Crippen LogP contribution in [0.2, 0.25) is 0 Å². The van der Waals surface area contributed by atoms with Gasteiger partial charge < -0.3 is 0 Å². The number of hydrogen-bond acceptors (Lipinski definition) is 0. The summed E-state index contributed by atoms with van der Waals surface area (Å²) >= 11 is 0. The van der Waals surface area contributed by atoms with E-state index in [4.69, 9.17) is 0 Å². The minimum absolute atomic E-state index is 0.191. The van der Waals surface area contributed by atoms with Gasteiger partial charge in [-0.3, -0.25) is 0 Å². The summed E-state index contributed by atoms with van der Waals surface area (Å²) in [6.45, 7) is 0. The van der Waals surface area contributed by atoms with Gasteiger partial charge in [-0.1, -0.05) is 18.2 Å². The first-order valence-electron chi connectivity index (χ1n) is 3.42. The Morgan fingerprint density at radius 1 is 1.09 bits per heavy atom. The van der Waals surface area contributed by atoms with Crippen molar-refractivity contribution in [2.75, 3.05) is 0 Å². The number of rotatable bonds is 0. The van der Waals surface area contributed by atoms with Crippen LogP contribution in [0, 0.1) is 11.9 Å². The zero-order chi connectivity index (χ0) is 7.68. The van der Waals surface area contributed by atoms with Gasteiger partial charge in [0.2, 0.25) is 0 Å². The highest BCUT2D eigenvalue weighted by atomic mass is 19.1. The van der Waals surface area contributed by atoms with E-state index in [1.807, 2.05) is 12.1 Å². The number of halogens is 1. The molecule has 0 amide bonds. The van der Waals surface area contributed by atoms with Gasteiger partial charge in [-0.05, 0) is 35.0 Å². The van der Waals surface area contributed by atoms with Crippen molar-refractivity contribution in [3.05, 3.63) is 48.3 Å². The molecule has 0 atom stereocenters. The van der Waals surface area contributed by atoms with Gasteiger partial charge >= 0.3 is 0 Å². The SMILES string of the molecule is Fc1ccc2c[c]ccc2c1. The molecule has 0 fully saturated rings. The Morgan fingerprint density at radius 3 is 2.91 bits per heavy atom. The van der Waals surface area contributed by atoms with Crippen LogP contribution in [0.3, 0.4) is 0 Å². The number of fused-ring (bicyclic) bond motifs is 1. The molecule has 11 heavy (non-hydrogen) atoms. The molecule has 0 saturated carbocycles. The van der Waals surface area contributed by atoms with Crippen molar-refractivity contribution < 1.29 is 4.39 Å². The molecule has 1 heteroatoms. The summed E-state index contributed by atoms with van der Waals surface area (Å²) in [5, 5.41) is 1.94. The Morgan fingerprint density at radius 2 is 2.00 bits per heavy atom. The fourth-order valence-electron chi connectivity index (χ4n) is 1.10. The maximum absolute atomic E-state index is 12.6. The molecule has 53 valence electrons. The van der Waals surface area contributed by atoms with Crippen molar-refractivity contribution >= 4 is 10.8 Å². The lowest BCUT2D eigenvalue weighted by atomic mass is 10.1. The highest BCUT2D eigenvalue weighted by molar-refractivity contribution is 5.82. The van der Waals surface area contributed by atoms with Gasteiger partial charge in [0.05, 0.1) is 0 Å². The highest BCUT2D eigenvalue weighted by Crippen LogP contribution is 2.13. The van der Waals surface area contributed by atoms with Crippen molar-refractivity contribution in [2.24, 2.45) is 0 Å². The molecule has 0 spiro atoms. The fourth-order valence-corrected chi connectivity index (χ4v) is 1.10. The molecule has 0 heterocycles. The zero-order valence-electron chi connectivity index (χ0n) is 5.84. The van der Waals surface area contributed by atoms with E-state index in [0.29, 0.717) is 0 Å². The molecule has 0 aliphatic carbocycles. The Labute approximate surface area is 64.3 Å². The van der Waals surface area contributed by atoms with Gasteiger partial charge in [0.15, 0.2) is 0 Å². The van der Waals surface area contributed by atoms with E-state index in [9.17, 15) is 4.39 Å². The van der Waals surface area contributed by atoms with Crippen LogP contribution in [-0.4, -0.2) is 0 Å². The van der Waals surface area contributed by atoms with Gasteiger partial charge in [-0.15, -0.1) is 0 Å². The van der Waals surface area contributed by atoms with Gasteiger partial charge in [0.25, 0.3) is 0 Å². The van der Waals surface area contributed by atoms with Crippen molar-refractivity contribution in [1.29, 1.82) is 0 Å². The lowest BCUT2D eigenvalue weighted by molar-refractivity contribution is 0.630. The second kappa shape index (κ2) is 2.35. The average molecular weight is 145 g/mol. The van der Waals surface area contributed by atoms with Crippen LogP contribution in [0.1, 0.15) is 0 Å². The van der Waals surface area contributed by atoms with Crippen LogP contribution in [0.4, 0.5) is 4.39 Å². The molecular weight excluding hydrogens is 139 g/mol. The molecule has 0 unspecified atom stereocenters. The van der Waals surface area contributed by atoms with Gasteiger partial charge in [-0.2, -0.15) is 0 Å². The van der Waals surface area contributed by atoms with E-state index in [-0.39, 0.29) is 5.82 Å². The Kier molecular flexibility index (Phi) is 1.35. The molecule has 0 aromatic heterocycles. The first-order chi connectivity index (χ1) is 5.36. The maximum Gasteiger partial charge on any atom is 0.123 e. The van der Waals surface area contributed by atoms with Crippen molar-refractivity contribution in [1.82, 2.24) is 0 Å². The summed E-state index contributed by atoms with van der Waals surface area (Å²) in [7, 11) is 0. The number of benzene rings is 2. The van der Waals surface area contributed by atoms with Crippen LogP contribution in [-0.2, 0) is 0 Å². The summed E-state index contributed by atoms with van der Waals surface area (Å²) in [6, 6.07) is 13.1. The lowest BCUT2D eigenvalue weighted by Gasteiger charge is -1.94. The molecule has 0 bridgehead atoms. The molecule has 2 rings (SSSR count). The van der Waals surface area contributed by atoms with Crippen LogP contribution in [0.25, 0.3) is 10.8 Å². The molecular formula is C10H6F. The Hall–Kier alpha value is -1.37. The molecule has 0 saturated heterocycles. The van der Waals surface area contributed by atoms with E-state index in [1.165, 1.54) is 12.1 Å². The summed E-state index contributed by atoms with van der Waals surface area (Å²) < 4.78 is 12.6. The molecule has 2 aromatic rings. The second-order valence-corrected chi connectivity index (χ2v) is 2.42. The lowest BCUT2D eigenvalue weighted by Crippen LogP contribution is -1.74. The van der Waals surface area contributed by atoms with E-state index in [1.54, 1.807) is 12.1 Å². The fraction of sp³-hybridized carbons (Fsp3) is 0. The zero-order valence-corrected chi connectivity index (χ0v) is 5.84. The maximum atomic E-state index is 12.6. The predicted molar refractivity (Wildman–Crippen MR) is 42.7 cm³/mol. The molecule has 0 aliphatic rings. The van der Waals surface area contributed by atoms with Crippen molar-refractivity contribution in [3.63, 3.8) is 0 Å². The summed E-state index contributed by atoms with van der Waals surface area (Å²) in [5.74, 6) is -0.191. The predicted octanol–water partition coefficient (Wildman–Crippen LogP) is 2.78. The summed E-state index contributed by atoms with van der Waals surface area (Å²) in [6.07, 6.45) is 0. The van der Waals surface area contributed by atoms with Gasteiger partial charge in [0.1, 0.15) is 5.82 Å². The quantitative estimate of drug-likeness (QED) is 0.534. The molecule has 0 nitrogen and oxygen atoms in total. The van der Waals surface area contributed by atoms with E-state index in [0.717, 1.165) is 10.8 Å². The van der Waals surface area contributed by atoms with E-state index < -0.39 is 0 Å². The van der Waals surface area contributed by atoms with Crippen LogP contribution < -0.4 is 0 Å². The van der Waals surface area contributed by atoms with Crippen molar-refractivity contribution in [2.45, 2.75) is 0 Å². The minimum atomic E-state index is -0.191. The largest absolute Gasteiger partial charge is 0.207 e. The van der Waals surface area contributed by atoms with Crippen molar-refractivity contribution in [3.8, 4) is 0 Å². The Balaban J connectivity index is 2.83. The molecule has 0 N–H and O–H groups in total. The second-order valence-electron chi connectivity index (χ2n) is 2.42. The van der Waals surface area contributed by atoms with Crippen LogP contribution in [0.5, 0.6) is 0 Å². The smallest absolute Gasteiger partial charge is 0.123 e. The molecule has 0 aliphatic heterocycles. The Bertz CT molecular complexity index is 379. The van der Waals surface area contributed by atoms with E-state index in [2.05, 4.69) is 6.07 Å². The first-order valence-corrected chi connectivity index (χ1v) is 3.42. The third-order valence-electron chi connectivity index (χ3n) is 1.65. The van der Waals surface area contributed by atoms with Crippen LogP contribution in [0.15, 0.2) is 36.4 Å². The highest BCUT2D eigenvalue weighted by Gasteiger charge is 1.92. The average Bonchev–Trinajstić information content (AvgIpc) is 2.04. The van der Waals surface area contributed by atoms with Crippen LogP contribution >= 0.6 is 0 Å². The molecule has 1 radical (unpaired) electrons.